The minimum Gasteiger partial charge on any atom is -0.478 e. The summed E-state index contributed by atoms with van der Waals surface area (Å²) in [6.45, 7) is 0.352. The van der Waals surface area contributed by atoms with E-state index >= 15 is 0 Å². The molecular weight excluding hydrogens is 392 g/mol. The maximum Gasteiger partial charge on any atom is 0.335 e. The highest BCUT2D eigenvalue weighted by Gasteiger charge is 2.22. The summed E-state index contributed by atoms with van der Waals surface area (Å²) in [6.07, 6.45) is 0. The molecule has 0 heterocycles. The smallest absolute Gasteiger partial charge is 0.335 e. The van der Waals surface area contributed by atoms with Crippen LogP contribution in [0.4, 0.5) is 22.7 Å². The van der Waals surface area contributed by atoms with Crippen LogP contribution in [0, 0.1) is 0 Å². The first-order valence-electron chi connectivity index (χ1n) is 8.58. The summed E-state index contributed by atoms with van der Waals surface area (Å²) in [5.74, 6) is -1.27. The van der Waals surface area contributed by atoms with E-state index in [2.05, 4.69) is 10.6 Å². The van der Waals surface area contributed by atoms with Crippen molar-refractivity contribution in [2.45, 2.75) is 11.4 Å². The van der Waals surface area contributed by atoms with Crippen molar-refractivity contribution in [2.75, 3.05) is 16.4 Å². The number of anilines is 4. The number of carbonyl (C=O) groups is 1. The molecule has 8 nitrogen and oxygen atoms in total. The molecule has 0 atom stereocenters. The van der Waals surface area contributed by atoms with Crippen LogP contribution >= 0.6 is 0 Å². The number of benzene rings is 3. The van der Waals surface area contributed by atoms with Gasteiger partial charge < -0.3 is 21.5 Å². The Morgan fingerprint density at radius 1 is 1.00 bits per heavy atom. The van der Waals surface area contributed by atoms with E-state index in [1.165, 1.54) is 6.07 Å². The normalized spacial score (nSPS) is 11.1. The third-order valence-corrected chi connectivity index (χ3v) is 5.10. The van der Waals surface area contributed by atoms with Gasteiger partial charge in [-0.05, 0) is 42.0 Å². The van der Waals surface area contributed by atoms with Gasteiger partial charge in [-0.25, -0.2) is 18.4 Å². The van der Waals surface area contributed by atoms with Crippen molar-refractivity contribution in [1.29, 1.82) is 0 Å². The second-order valence-electron chi connectivity index (χ2n) is 6.33. The number of aromatic carboxylic acids is 1. The SMILES string of the molecule is Nc1ccc(Nc2c(NCc3ccccc3)cc(C(=O)O)cc2S(N)(=O)=O)cc1. The number of carboxylic acids is 1. The maximum atomic E-state index is 12.2. The highest BCUT2D eigenvalue weighted by atomic mass is 32.2. The van der Waals surface area contributed by atoms with E-state index in [1.807, 2.05) is 30.3 Å². The summed E-state index contributed by atoms with van der Waals surface area (Å²) in [5, 5.41) is 20.9. The summed E-state index contributed by atoms with van der Waals surface area (Å²) in [4.78, 5) is 11.2. The van der Waals surface area contributed by atoms with Crippen LogP contribution in [0.1, 0.15) is 15.9 Å². The predicted molar refractivity (Wildman–Crippen MR) is 113 cm³/mol. The number of carboxylic acid groups (broad SMARTS) is 1. The van der Waals surface area contributed by atoms with Gasteiger partial charge in [0.15, 0.2) is 0 Å². The number of nitrogens with two attached hydrogens (primary N) is 2. The zero-order chi connectivity index (χ0) is 21.0. The number of nitrogen functional groups attached to an aromatic ring is 1. The van der Waals surface area contributed by atoms with E-state index in [0.29, 0.717) is 17.9 Å². The number of hydrogen-bond acceptors (Lipinski definition) is 6. The van der Waals surface area contributed by atoms with Crippen molar-refractivity contribution in [3.63, 3.8) is 0 Å². The molecule has 0 aliphatic heterocycles. The van der Waals surface area contributed by atoms with Gasteiger partial charge in [-0.3, -0.25) is 0 Å². The molecule has 3 aromatic rings. The molecule has 0 unspecified atom stereocenters. The fourth-order valence-corrected chi connectivity index (χ4v) is 3.47. The van der Waals surface area contributed by atoms with Gasteiger partial charge >= 0.3 is 5.97 Å². The minimum absolute atomic E-state index is 0.151. The van der Waals surface area contributed by atoms with Gasteiger partial charge in [0.25, 0.3) is 0 Å². The number of nitrogens with one attached hydrogen (secondary N) is 2. The quantitative estimate of drug-likeness (QED) is 0.375. The molecule has 3 aromatic carbocycles. The molecular formula is C20H20N4O4S. The van der Waals surface area contributed by atoms with E-state index < -0.39 is 16.0 Å². The molecule has 0 aromatic heterocycles. The second kappa shape index (κ2) is 8.21. The topological polar surface area (TPSA) is 148 Å². The van der Waals surface area contributed by atoms with Gasteiger partial charge in [0.1, 0.15) is 4.90 Å². The lowest BCUT2D eigenvalue weighted by Gasteiger charge is -2.18. The Balaban J connectivity index is 2.09. The fourth-order valence-electron chi connectivity index (χ4n) is 2.74. The molecule has 0 saturated carbocycles. The zero-order valence-corrected chi connectivity index (χ0v) is 16.1. The molecule has 0 aliphatic rings. The van der Waals surface area contributed by atoms with E-state index in [9.17, 15) is 18.3 Å². The molecule has 0 spiro atoms. The molecule has 7 N–H and O–H groups in total. The van der Waals surface area contributed by atoms with Crippen LogP contribution in [0.5, 0.6) is 0 Å². The molecule has 29 heavy (non-hydrogen) atoms. The summed E-state index contributed by atoms with van der Waals surface area (Å²) in [6, 6.07) is 18.4. The fraction of sp³-hybridized carbons (Fsp3) is 0.0500. The Morgan fingerprint density at radius 3 is 2.24 bits per heavy atom. The number of sulfonamides is 1. The molecule has 0 radical (unpaired) electrons. The van der Waals surface area contributed by atoms with Gasteiger partial charge in [-0.1, -0.05) is 30.3 Å². The third kappa shape index (κ3) is 5.03. The van der Waals surface area contributed by atoms with Gasteiger partial charge in [-0.2, -0.15) is 0 Å². The van der Waals surface area contributed by atoms with Crippen LogP contribution in [-0.2, 0) is 16.6 Å². The lowest BCUT2D eigenvalue weighted by Crippen LogP contribution is -2.17. The molecule has 3 rings (SSSR count). The summed E-state index contributed by atoms with van der Waals surface area (Å²) >= 11 is 0. The lowest BCUT2D eigenvalue weighted by molar-refractivity contribution is 0.0696. The molecule has 0 bridgehead atoms. The van der Waals surface area contributed by atoms with Crippen LogP contribution in [0.2, 0.25) is 0 Å². The van der Waals surface area contributed by atoms with Crippen molar-refractivity contribution in [3.8, 4) is 0 Å². The Labute approximate surface area is 168 Å². The van der Waals surface area contributed by atoms with Gasteiger partial charge in [0.2, 0.25) is 10.0 Å². The monoisotopic (exact) mass is 412 g/mol. The van der Waals surface area contributed by atoms with Crippen LogP contribution in [0.25, 0.3) is 0 Å². The van der Waals surface area contributed by atoms with Crippen molar-refractivity contribution < 1.29 is 18.3 Å². The highest BCUT2D eigenvalue weighted by molar-refractivity contribution is 7.89. The summed E-state index contributed by atoms with van der Waals surface area (Å²) in [7, 11) is -4.21. The second-order valence-corrected chi connectivity index (χ2v) is 7.86. The average Bonchev–Trinajstić information content (AvgIpc) is 2.68. The Bertz CT molecular complexity index is 1130. The predicted octanol–water partition coefficient (Wildman–Crippen LogP) is 2.97. The first kappa shape index (κ1) is 20.2. The number of primary sulfonamides is 1. The molecule has 0 aliphatic carbocycles. The summed E-state index contributed by atoms with van der Waals surface area (Å²) in [5.41, 5.74) is 7.98. The van der Waals surface area contributed by atoms with Gasteiger partial charge in [-0.15, -0.1) is 0 Å². The zero-order valence-electron chi connectivity index (χ0n) is 15.3. The van der Waals surface area contributed by atoms with E-state index in [0.717, 1.165) is 11.6 Å². The minimum atomic E-state index is -4.21. The molecule has 9 heteroatoms. The molecule has 0 fully saturated rings. The van der Waals surface area contributed by atoms with Crippen molar-refractivity contribution in [2.24, 2.45) is 5.14 Å². The van der Waals surface area contributed by atoms with Gasteiger partial charge in [0.05, 0.1) is 16.9 Å². The van der Waals surface area contributed by atoms with E-state index in [-0.39, 0.29) is 21.8 Å². The van der Waals surface area contributed by atoms with Crippen LogP contribution in [0.15, 0.2) is 71.6 Å². The van der Waals surface area contributed by atoms with Gasteiger partial charge in [0, 0.05) is 17.9 Å². The van der Waals surface area contributed by atoms with Crippen molar-refractivity contribution >= 4 is 38.7 Å². The Kier molecular flexibility index (Phi) is 5.71. The first-order valence-corrected chi connectivity index (χ1v) is 10.1. The number of hydrogen-bond donors (Lipinski definition) is 5. The molecule has 0 saturated heterocycles. The van der Waals surface area contributed by atoms with Crippen molar-refractivity contribution in [1.82, 2.24) is 0 Å². The van der Waals surface area contributed by atoms with Crippen molar-refractivity contribution in [3.05, 3.63) is 77.9 Å². The molecule has 0 amide bonds. The third-order valence-electron chi connectivity index (χ3n) is 4.16. The summed E-state index contributed by atoms with van der Waals surface area (Å²) < 4.78 is 24.4. The lowest BCUT2D eigenvalue weighted by atomic mass is 10.1. The largest absolute Gasteiger partial charge is 0.478 e. The van der Waals surface area contributed by atoms with Crippen LogP contribution < -0.4 is 21.5 Å². The van der Waals surface area contributed by atoms with Crippen LogP contribution in [-0.4, -0.2) is 19.5 Å². The first-order chi connectivity index (χ1) is 13.7. The Morgan fingerprint density at radius 2 is 1.66 bits per heavy atom. The molecule has 150 valence electrons. The average molecular weight is 412 g/mol. The standard InChI is InChI=1S/C20H20N4O4S/c21-15-6-8-16(9-7-15)24-19-17(23-12-13-4-2-1-3-5-13)10-14(20(25)26)11-18(19)29(22,27)28/h1-11,23-24H,12,21H2,(H,25,26)(H2,22,27,28). The number of rotatable bonds is 7. The Hall–Kier alpha value is -3.56. The van der Waals surface area contributed by atoms with Crippen LogP contribution in [0.3, 0.4) is 0 Å². The van der Waals surface area contributed by atoms with E-state index in [1.54, 1.807) is 24.3 Å². The maximum absolute atomic E-state index is 12.2. The van der Waals surface area contributed by atoms with E-state index in [4.69, 9.17) is 10.9 Å². The highest BCUT2D eigenvalue weighted by Crippen LogP contribution is 2.34.